The van der Waals surface area contributed by atoms with E-state index in [0.29, 0.717) is 21.6 Å². The zero-order valence-electron chi connectivity index (χ0n) is 18.2. The topological polar surface area (TPSA) is 89.9 Å². The van der Waals surface area contributed by atoms with Gasteiger partial charge in [-0.15, -0.1) is 0 Å². The Balaban J connectivity index is 0.000000162. The summed E-state index contributed by atoms with van der Waals surface area (Å²) in [5.41, 5.74) is -3.68. The minimum Gasteiger partial charge on any atom is -0.507 e. The SMILES string of the molecule is O=S(=O)(Oc1cc(Cl)cc2oc3ccccc3c12)C(F)(F)F.Oc1cc(Cl)cc2oc3ccccc3c12. The normalized spacial score (nSPS) is 12.2. The van der Waals surface area contributed by atoms with Crippen molar-refractivity contribution in [1.82, 2.24) is 0 Å². The van der Waals surface area contributed by atoms with E-state index < -0.39 is 21.4 Å². The third-order valence-electron chi connectivity index (χ3n) is 5.31. The fourth-order valence-electron chi connectivity index (χ4n) is 3.82. The standard InChI is InChI=1S/C13H6ClF3O4S.C12H7ClO2/c14-7-5-10-12(8-3-1-2-4-9(8)20-10)11(6-7)21-22(18,19)13(15,16)17;13-7-5-9(14)12-8-3-1-2-4-10(8)15-11(12)6-7/h1-6H;1-6,14H. The van der Waals surface area contributed by atoms with Gasteiger partial charge in [-0.25, -0.2) is 0 Å². The maximum absolute atomic E-state index is 12.5. The van der Waals surface area contributed by atoms with Crippen molar-refractivity contribution in [3.8, 4) is 11.5 Å². The molecule has 0 saturated carbocycles. The first kappa shape index (κ1) is 25.1. The molecular weight excluding hydrogens is 556 g/mol. The molecule has 0 fully saturated rings. The highest BCUT2D eigenvalue weighted by molar-refractivity contribution is 7.88. The molecule has 0 saturated heterocycles. The first-order valence-electron chi connectivity index (χ1n) is 10.4. The Bertz CT molecular complexity index is 1910. The molecule has 0 unspecified atom stereocenters. The van der Waals surface area contributed by atoms with Crippen LogP contribution in [0.25, 0.3) is 43.9 Å². The van der Waals surface area contributed by atoms with Crippen molar-refractivity contribution in [2.24, 2.45) is 0 Å². The molecular formula is C25H13Cl2F3O6S. The summed E-state index contributed by atoms with van der Waals surface area (Å²) < 4.78 is 75.1. The maximum Gasteiger partial charge on any atom is 0.534 e. The average Bonchev–Trinajstić information content (AvgIpc) is 3.36. The van der Waals surface area contributed by atoms with Crippen molar-refractivity contribution < 1.29 is 39.7 Å². The summed E-state index contributed by atoms with van der Waals surface area (Å²) in [7, 11) is -5.81. The lowest BCUT2D eigenvalue weighted by Gasteiger charge is -2.10. The van der Waals surface area contributed by atoms with E-state index in [-0.39, 0.29) is 21.7 Å². The van der Waals surface area contributed by atoms with Crippen LogP contribution >= 0.6 is 23.2 Å². The maximum atomic E-state index is 12.5. The number of rotatable bonds is 2. The van der Waals surface area contributed by atoms with Crippen LogP contribution in [0, 0.1) is 0 Å². The number of para-hydroxylation sites is 2. The second kappa shape index (κ2) is 9.05. The van der Waals surface area contributed by atoms with E-state index in [4.69, 9.17) is 32.0 Å². The molecule has 12 heteroatoms. The van der Waals surface area contributed by atoms with Crippen LogP contribution in [-0.2, 0) is 10.1 Å². The van der Waals surface area contributed by atoms with Gasteiger partial charge in [0.05, 0.1) is 10.8 Å². The van der Waals surface area contributed by atoms with Gasteiger partial charge in [0, 0.05) is 39.0 Å². The van der Waals surface area contributed by atoms with Crippen molar-refractivity contribution >= 4 is 77.2 Å². The number of phenols is 1. The Labute approximate surface area is 216 Å². The van der Waals surface area contributed by atoms with Crippen LogP contribution in [0.4, 0.5) is 13.2 Å². The van der Waals surface area contributed by atoms with Crippen molar-refractivity contribution in [1.29, 1.82) is 0 Å². The number of fused-ring (bicyclic) bond motifs is 6. The highest BCUT2D eigenvalue weighted by Crippen LogP contribution is 2.40. The predicted molar refractivity (Wildman–Crippen MR) is 135 cm³/mol. The highest BCUT2D eigenvalue weighted by Gasteiger charge is 2.49. The minimum atomic E-state index is -5.81. The number of hydrogen-bond donors (Lipinski definition) is 1. The molecule has 0 bridgehead atoms. The van der Waals surface area contributed by atoms with Gasteiger partial charge in [-0.05, 0) is 18.2 Å². The lowest BCUT2D eigenvalue weighted by Crippen LogP contribution is -2.28. The van der Waals surface area contributed by atoms with Gasteiger partial charge in [0.15, 0.2) is 5.75 Å². The number of halogens is 5. The summed E-state index contributed by atoms with van der Waals surface area (Å²) in [6, 6.07) is 19.6. The first-order valence-corrected chi connectivity index (χ1v) is 12.5. The fourth-order valence-corrected chi connectivity index (χ4v) is 4.68. The second-order valence-corrected chi connectivity index (χ2v) is 10.2. The molecule has 1 N–H and O–H groups in total. The lowest BCUT2D eigenvalue weighted by atomic mass is 10.1. The van der Waals surface area contributed by atoms with E-state index in [9.17, 15) is 26.7 Å². The Morgan fingerprint density at radius 1 is 0.730 bits per heavy atom. The number of hydrogen-bond acceptors (Lipinski definition) is 6. The lowest BCUT2D eigenvalue weighted by molar-refractivity contribution is -0.0499. The van der Waals surface area contributed by atoms with Crippen LogP contribution in [0.2, 0.25) is 10.0 Å². The molecule has 4 aromatic carbocycles. The Hall–Kier alpha value is -3.60. The molecule has 2 heterocycles. The molecule has 0 aliphatic heterocycles. The number of phenolic OH excluding ortho intramolecular Hbond substituents is 1. The quantitative estimate of drug-likeness (QED) is 0.166. The minimum absolute atomic E-state index is 0.0149. The number of alkyl halides is 3. The van der Waals surface area contributed by atoms with E-state index in [1.54, 1.807) is 30.3 Å². The molecule has 0 radical (unpaired) electrons. The van der Waals surface area contributed by atoms with Gasteiger partial charge in [0.2, 0.25) is 0 Å². The molecule has 0 atom stereocenters. The fraction of sp³-hybridized carbons (Fsp3) is 0.0400. The smallest absolute Gasteiger partial charge is 0.507 e. The summed E-state index contributed by atoms with van der Waals surface area (Å²) in [6.45, 7) is 0. The van der Waals surface area contributed by atoms with Gasteiger partial charge in [-0.1, -0.05) is 59.6 Å². The molecule has 190 valence electrons. The van der Waals surface area contributed by atoms with Crippen LogP contribution < -0.4 is 4.18 Å². The summed E-state index contributed by atoms with van der Waals surface area (Å²) in [6.07, 6.45) is 0. The van der Waals surface area contributed by atoms with Gasteiger partial charge >= 0.3 is 15.6 Å². The van der Waals surface area contributed by atoms with Gasteiger partial charge in [-0.3, -0.25) is 0 Å². The number of aromatic hydroxyl groups is 1. The summed E-state index contributed by atoms with van der Waals surface area (Å²) in [5, 5.41) is 12.4. The van der Waals surface area contributed by atoms with Gasteiger partial charge in [-0.2, -0.15) is 21.6 Å². The Kier molecular flexibility index (Phi) is 6.13. The van der Waals surface area contributed by atoms with E-state index in [1.807, 2.05) is 24.3 Å². The van der Waals surface area contributed by atoms with Gasteiger partial charge in [0.25, 0.3) is 0 Å². The summed E-state index contributed by atoms with van der Waals surface area (Å²) in [5.74, 6) is -0.382. The van der Waals surface area contributed by atoms with Crippen LogP contribution in [0.5, 0.6) is 11.5 Å². The zero-order valence-corrected chi connectivity index (χ0v) is 20.5. The van der Waals surface area contributed by atoms with Crippen LogP contribution in [0.3, 0.4) is 0 Å². The molecule has 0 aliphatic rings. The Morgan fingerprint density at radius 2 is 1.22 bits per heavy atom. The second-order valence-electron chi connectivity index (χ2n) is 7.75. The van der Waals surface area contributed by atoms with E-state index >= 15 is 0 Å². The predicted octanol–water partition coefficient (Wildman–Crippen LogP) is 8.41. The van der Waals surface area contributed by atoms with Gasteiger partial charge < -0.3 is 18.1 Å². The molecule has 0 aliphatic carbocycles. The molecule has 6 nitrogen and oxygen atoms in total. The largest absolute Gasteiger partial charge is 0.534 e. The third kappa shape index (κ3) is 4.63. The summed E-state index contributed by atoms with van der Waals surface area (Å²) in [4.78, 5) is 0. The van der Waals surface area contributed by atoms with Crippen molar-refractivity contribution in [3.63, 3.8) is 0 Å². The molecule has 6 rings (SSSR count). The van der Waals surface area contributed by atoms with Crippen LogP contribution in [0.1, 0.15) is 0 Å². The summed E-state index contributed by atoms with van der Waals surface area (Å²) >= 11 is 11.6. The van der Waals surface area contributed by atoms with Gasteiger partial charge in [0.1, 0.15) is 28.1 Å². The first-order chi connectivity index (χ1) is 17.4. The molecule has 2 aromatic heterocycles. The number of furan rings is 2. The van der Waals surface area contributed by atoms with Crippen molar-refractivity contribution in [2.45, 2.75) is 5.51 Å². The van der Waals surface area contributed by atoms with Crippen molar-refractivity contribution in [3.05, 3.63) is 82.8 Å². The van der Waals surface area contributed by atoms with E-state index in [2.05, 4.69) is 4.18 Å². The monoisotopic (exact) mass is 568 g/mol. The molecule has 6 aromatic rings. The molecule has 37 heavy (non-hydrogen) atoms. The molecule has 0 spiro atoms. The average molecular weight is 569 g/mol. The zero-order chi connectivity index (χ0) is 26.5. The Morgan fingerprint density at radius 3 is 1.78 bits per heavy atom. The highest BCUT2D eigenvalue weighted by atomic mass is 35.5. The van der Waals surface area contributed by atoms with Crippen LogP contribution in [0.15, 0.2) is 81.6 Å². The third-order valence-corrected chi connectivity index (χ3v) is 6.71. The van der Waals surface area contributed by atoms with E-state index in [1.165, 1.54) is 12.1 Å². The molecule has 0 amide bonds. The van der Waals surface area contributed by atoms with E-state index in [0.717, 1.165) is 22.4 Å². The number of benzene rings is 4. The van der Waals surface area contributed by atoms with Crippen molar-refractivity contribution in [2.75, 3.05) is 0 Å². The van der Waals surface area contributed by atoms with Crippen LogP contribution in [-0.4, -0.2) is 19.0 Å².